The van der Waals surface area contributed by atoms with Gasteiger partial charge in [0, 0.05) is 5.41 Å². The Labute approximate surface area is 91.2 Å². The number of nitrogens with two attached hydrogens (primary N) is 1. The zero-order chi connectivity index (χ0) is 11.7. The maximum atomic E-state index is 6.18. The normalized spacial score (nSPS) is 13.2. The zero-order valence-electron chi connectivity index (χ0n) is 10.3. The van der Waals surface area contributed by atoms with Gasteiger partial charge in [-0.25, -0.2) is 0 Å². The zero-order valence-corrected chi connectivity index (χ0v) is 10.3. The number of aromatic nitrogens is 2. The molecule has 0 aliphatic heterocycles. The summed E-state index contributed by atoms with van der Waals surface area (Å²) in [6.45, 7) is 10.2. The Morgan fingerprint density at radius 2 is 1.73 bits per heavy atom. The van der Waals surface area contributed by atoms with E-state index in [4.69, 9.17) is 10.3 Å². The van der Waals surface area contributed by atoms with Crippen LogP contribution < -0.4 is 5.73 Å². The quantitative estimate of drug-likeness (QED) is 0.833. The monoisotopic (exact) mass is 211 g/mol. The highest BCUT2D eigenvalue weighted by atomic mass is 16.5. The fourth-order valence-corrected chi connectivity index (χ4v) is 1.28. The minimum atomic E-state index is -0.476. The van der Waals surface area contributed by atoms with Gasteiger partial charge in [0.1, 0.15) is 0 Å². The summed E-state index contributed by atoms with van der Waals surface area (Å²) in [6.07, 6.45) is 1.60. The maximum absolute atomic E-state index is 6.18. The van der Waals surface area contributed by atoms with Gasteiger partial charge in [-0.2, -0.15) is 4.98 Å². The average molecular weight is 211 g/mol. The molecule has 0 amide bonds. The Bertz CT molecular complexity index is 321. The summed E-state index contributed by atoms with van der Waals surface area (Å²) in [4.78, 5) is 4.39. The van der Waals surface area contributed by atoms with Gasteiger partial charge in [-0.3, -0.25) is 0 Å². The van der Waals surface area contributed by atoms with E-state index in [0.717, 1.165) is 12.8 Å². The molecule has 2 N–H and O–H groups in total. The predicted octanol–water partition coefficient (Wildman–Crippen LogP) is 2.34. The van der Waals surface area contributed by atoms with E-state index in [1.54, 1.807) is 0 Å². The number of rotatable bonds is 3. The highest BCUT2D eigenvalue weighted by Gasteiger charge is 2.32. The first-order valence-corrected chi connectivity index (χ1v) is 5.47. The molecule has 1 heterocycles. The van der Waals surface area contributed by atoms with Gasteiger partial charge in [-0.1, -0.05) is 39.8 Å². The second-order valence-electron chi connectivity index (χ2n) is 5.04. The smallest absolute Gasteiger partial charge is 0.246 e. The van der Waals surface area contributed by atoms with Crippen LogP contribution in [0.25, 0.3) is 0 Å². The van der Waals surface area contributed by atoms with E-state index in [-0.39, 0.29) is 5.41 Å². The third-order valence-corrected chi connectivity index (χ3v) is 2.78. The molecule has 0 saturated carbocycles. The second kappa shape index (κ2) is 3.93. The fraction of sp³-hybridized carbons (Fsp3) is 0.818. The van der Waals surface area contributed by atoms with Crippen molar-refractivity contribution in [1.82, 2.24) is 10.1 Å². The van der Waals surface area contributed by atoms with E-state index >= 15 is 0 Å². The van der Waals surface area contributed by atoms with Crippen molar-refractivity contribution in [1.29, 1.82) is 0 Å². The minimum absolute atomic E-state index is 0.0931. The molecular weight excluding hydrogens is 190 g/mol. The first-order chi connectivity index (χ1) is 6.83. The summed E-state index contributed by atoms with van der Waals surface area (Å²) < 4.78 is 5.25. The van der Waals surface area contributed by atoms with Gasteiger partial charge in [-0.15, -0.1) is 0 Å². The third-order valence-electron chi connectivity index (χ3n) is 2.78. The summed E-state index contributed by atoms with van der Waals surface area (Å²) in [6, 6.07) is 0. The molecule has 0 atom stereocenters. The van der Waals surface area contributed by atoms with E-state index in [1.807, 2.05) is 13.8 Å². The number of hydrogen-bond donors (Lipinski definition) is 1. The van der Waals surface area contributed by atoms with Crippen LogP contribution >= 0.6 is 0 Å². The average Bonchev–Trinajstić information content (AvgIpc) is 2.65. The molecule has 1 rings (SSSR count). The molecule has 86 valence electrons. The lowest BCUT2D eigenvalue weighted by molar-refractivity contribution is 0.265. The van der Waals surface area contributed by atoms with Gasteiger partial charge in [0.05, 0.1) is 5.54 Å². The van der Waals surface area contributed by atoms with Crippen LogP contribution in [-0.4, -0.2) is 10.1 Å². The van der Waals surface area contributed by atoms with Gasteiger partial charge in [-0.05, 0) is 12.8 Å². The molecule has 0 saturated heterocycles. The van der Waals surface area contributed by atoms with Crippen LogP contribution in [0.4, 0.5) is 0 Å². The Hall–Kier alpha value is -0.900. The second-order valence-corrected chi connectivity index (χ2v) is 5.04. The van der Waals surface area contributed by atoms with Gasteiger partial charge in [0.2, 0.25) is 5.89 Å². The van der Waals surface area contributed by atoms with Crippen molar-refractivity contribution in [2.24, 2.45) is 5.73 Å². The highest BCUT2D eigenvalue weighted by molar-refractivity contribution is 5.06. The van der Waals surface area contributed by atoms with E-state index in [2.05, 4.69) is 30.9 Å². The Morgan fingerprint density at radius 3 is 2.07 bits per heavy atom. The van der Waals surface area contributed by atoms with Crippen LogP contribution in [0.15, 0.2) is 4.52 Å². The van der Waals surface area contributed by atoms with Crippen LogP contribution in [0.3, 0.4) is 0 Å². The lowest BCUT2D eigenvalue weighted by Gasteiger charge is -2.21. The van der Waals surface area contributed by atoms with Crippen molar-refractivity contribution in [2.45, 2.75) is 58.4 Å². The van der Waals surface area contributed by atoms with Crippen LogP contribution in [0.1, 0.15) is 59.2 Å². The Morgan fingerprint density at radius 1 is 1.20 bits per heavy atom. The first-order valence-electron chi connectivity index (χ1n) is 5.47. The molecule has 0 radical (unpaired) electrons. The molecule has 4 nitrogen and oxygen atoms in total. The third kappa shape index (κ3) is 2.37. The molecular formula is C11H21N3O. The summed E-state index contributed by atoms with van der Waals surface area (Å²) >= 11 is 0. The molecule has 0 aliphatic carbocycles. The summed E-state index contributed by atoms with van der Waals surface area (Å²) in [7, 11) is 0. The van der Waals surface area contributed by atoms with E-state index in [0.29, 0.717) is 11.7 Å². The van der Waals surface area contributed by atoms with Gasteiger partial charge >= 0.3 is 0 Å². The molecule has 1 aromatic rings. The topological polar surface area (TPSA) is 64.9 Å². The largest absolute Gasteiger partial charge is 0.337 e. The molecule has 0 bridgehead atoms. The van der Waals surface area contributed by atoms with E-state index < -0.39 is 5.54 Å². The lowest BCUT2D eigenvalue weighted by atomic mass is 9.93. The summed E-state index contributed by atoms with van der Waals surface area (Å²) in [5, 5.41) is 3.98. The maximum Gasteiger partial charge on any atom is 0.246 e. The van der Waals surface area contributed by atoms with Crippen molar-refractivity contribution < 1.29 is 4.52 Å². The van der Waals surface area contributed by atoms with Crippen LogP contribution in [0, 0.1) is 0 Å². The molecule has 0 aliphatic rings. The van der Waals surface area contributed by atoms with Crippen molar-refractivity contribution in [3.8, 4) is 0 Å². The van der Waals surface area contributed by atoms with Crippen molar-refractivity contribution in [3.05, 3.63) is 11.7 Å². The standard InChI is InChI=1S/C11H21N3O/c1-6-11(12,7-2)9-13-8(14-15-9)10(3,4)5/h6-7,12H2,1-5H3. The SMILES string of the molecule is CCC(N)(CC)c1nc(C(C)(C)C)no1. The molecule has 0 aromatic carbocycles. The fourth-order valence-electron chi connectivity index (χ4n) is 1.28. The number of hydrogen-bond acceptors (Lipinski definition) is 4. The molecule has 0 fully saturated rings. The molecule has 4 heteroatoms. The number of nitrogens with zero attached hydrogens (tertiary/aromatic N) is 2. The molecule has 0 unspecified atom stereocenters. The van der Waals surface area contributed by atoms with Crippen molar-refractivity contribution in [3.63, 3.8) is 0 Å². The Balaban J connectivity index is 3.03. The highest BCUT2D eigenvalue weighted by Crippen LogP contribution is 2.26. The summed E-state index contributed by atoms with van der Waals surface area (Å²) in [5.41, 5.74) is 5.61. The molecule has 1 aromatic heterocycles. The summed E-state index contributed by atoms with van der Waals surface area (Å²) in [5.74, 6) is 1.27. The minimum Gasteiger partial charge on any atom is -0.337 e. The molecule has 0 spiro atoms. The van der Waals surface area contributed by atoms with Crippen LogP contribution in [-0.2, 0) is 11.0 Å². The van der Waals surface area contributed by atoms with E-state index in [9.17, 15) is 0 Å². The first kappa shape index (κ1) is 12.2. The van der Waals surface area contributed by atoms with Crippen LogP contribution in [0.2, 0.25) is 0 Å². The van der Waals surface area contributed by atoms with Gasteiger partial charge in [0.15, 0.2) is 5.82 Å². The van der Waals surface area contributed by atoms with E-state index in [1.165, 1.54) is 0 Å². The van der Waals surface area contributed by atoms with Gasteiger partial charge < -0.3 is 10.3 Å². The van der Waals surface area contributed by atoms with Crippen LogP contribution in [0.5, 0.6) is 0 Å². The Kier molecular flexibility index (Phi) is 3.19. The van der Waals surface area contributed by atoms with Gasteiger partial charge in [0.25, 0.3) is 0 Å². The molecule has 15 heavy (non-hydrogen) atoms. The predicted molar refractivity (Wildman–Crippen MR) is 59.4 cm³/mol. The van der Waals surface area contributed by atoms with Crippen molar-refractivity contribution >= 4 is 0 Å². The lowest BCUT2D eigenvalue weighted by Crippen LogP contribution is -2.35. The van der Waals surface area contributed by atoms with Crippen molar-refractivity contribution in [2.75, 3.05) is 0 Å².